The van der Waals surface area contributed by atoms with E-state index in [0.29, 0.717) is 25.5 Å². The van der Waals surface area contributed by atoms with E-state index in [0.717, 1.165) is 11.3 Å². The molecule has 2 N–H and O–H groups in total. The van der Waals surface area contributed by atoms with E-state index in [1.54, 1.807) is 6.07 Å². The van der Waals surface area contributed by atoms with Crippen LogP contribution in [0, 0.1) is 18.8 Å². The number of pyridine rings is 1. The van der Waals surface area contributed by atoms with Crippen molar-refractivity contribution in [3.63, 3.8) is 0 Å². The van der Waals surface area contributed by atoms with Crippen LogP contribution in [0.3, 0.4) is 0 Å². The molecule has 0 bridgehead atoms. The largest absolute Gasteiger partial charge is 0.478 e. The van der Waals surface area contributed by atoms with Crippen LogP contribution < -0.4 is 4.90 Å². The SMILES string of the molecule is Cc1nc(N2CC3C(C2)C3(F)F)ccc1Cn1cc(C(=O)O)c(CO)n1. The number of carbonyl (C=O) groups is 1. The molecule has 138 valence electrons. The molecule has 2 fully saturated rings. The fourth-order valence-electron chi connectivity index (χ4n) is 3.63. The molecule has 2 aliphatic rings. The van der Waals surface area contributed by atoms with Crippen LogP contribution in [0.1, 0.15) is 27.3 Å². The zero-order valence-corrected chi connectivity index (χ0v) is 14.1. The lowest BCUT2D eigenvalue weighted by atomic mass is 10.2. The van der Waals surface area contributed by atoms with Crippen molar-refractivity contribution in [1.82, 2.24) is 14.8 Å². The molecule has 7 nitrogen and oxygen atoms in total. The highest BCUT2D eigenvalue weighted by atomic mass is 19.3. The Morgan fingerprint density at radius 2 is 2.04 bits per heavy atom. The van der Waals surface area contributed by atoms with E-state index in [2.05, 4.69) is 10.1 Å². The molecule has 4 rings (SSSR count). The van der Waals surface area contributed by atoms with E-state index < -0.39 is 30.3 Å². The second-order valence-corrected chi connectivity index (χ2v) is 6.86. The van der Waals surface area contributed by atoms with Gasteiger partial charge in [0.25, 0.3) is 5.92 Å². The maximum absolute atomic E-state index is 13.3. The van der Waals surface area contributed by atoms with Gasteiger partial charge in [-0.2, -0.15) is 5.10 Å². The molecule has 2 aromatic heterocycles. The van der Waals surface area contributed by atoms with Gasteiger partial charge in [-0.1, -0.05) is 6.07 Å². The standard InChI is InChI=1S/C17H18F2N4O3/c1-9-10(4-23-5-11(16(25)26)14(8-24)21-23)2-3-15(20-9)22-6-12-13(7-22)17(12,18)19/h2-3,5,12-13,24H,4,6-8H2,1H3,(H,25,26). The second kappa shape index (κ2) is 5.73. The summed E-state index contributed by atoms with van der Waals surface area (Å²) in [7, 11) is 0. The Hall–Kier alpha value is -2.55. The highest BCUT2D eigenvalue weighted by molar-refractivity contribution is 5.88. The lowest BCUT2D eigenvalue weighted by molar-refractivity contribution is 0.0692. The highest BCUT2D eigenvalue weighted by Gasteiger charge is 2.71. The number of aliphatic hydroxyl groups excluding tert-OH is 1. The number of aromatic nitrogens is 3. The average Bonchev–Trinajstić information content (AvgIpc) is 3.02. The van der Waals surface area contributed by atoms with Gasteiger partial charge in [-0.25, -0.2) is 18.6 Å². The number of carboxylic acids is 1. The monoisotopic (exact) mass is 364 g/mol. The number of carboxylic acid groups (broad SMARTS) is 1. The molecule has 3 heterocycles. The number of aryl methyl sites for hydroxylation is 1. The molecule has 26 heavy (non-hydrogen) atoms. The summed E-state index contributed by atoms with van der Waals surface area (Å²) in [5.41, 5.74) is 1.64. The third kappa shape index (κ3) is 2.63. The first-order chi connectivity index (χ1) is 12.3. The minimum absolute atomic E-state index is 0.0352. The molecule has 2 aromatic rings. The molecular weight excluding hydrogens is 346 g/mol. The third-order valence-electron chi connectivity index (χ3n) is 5.25. The number of aromatic carboxylic acids is 1. The maximum Gasteiger partial charge on any atom is 0.339 e. The first-order valence-electron chi connectivity index (χ1n) is 8.31. The number of rotatable bonds is 5. The van der Waals surface area contributed by atoms with E-state index in [1.165, 1.54) is 10.9 Å². The van der Waals surface area contributed by atoms with Crippen molar-refractivity contribution >= 4 is 11.8 Å². The summed E-state index contributed by atoms with van der Waals surface area (Å²) in [6.45, 7) is 2.32. The third-order valence-corrected chi connectivity index (χ3v) is 5.25. The van der Waals surface area contributed by atoms with Crippen LogP contribution in [0.15, 0.2) is 18.3 Å². The van der Waals surface area contributed by atoms with E-state index in [9.17, 15) is 18.7 Å². The quantitative estimate of drug-likeness (QED) is 0.836. The van der Waals surface area contributed by atoms with Crippen molar-refractivity contribution < 1.29 is 23.8 Å². The van der Waals surface area contributed by atoms with Gasteiger partial charge in [0.15, 0.2) is 0 Å². The van der Waals surface area contributed by atoms with Gasteiger partial charge in [-0.15, -0.1) is 0 Å². The summed E-state index contributed by atoms with van der Waals surface area (Å²) in [5.74, 6) is -4.09. The molecule has 0 amide bonds. The number of alkyl halides is 2. The van der Waals surface area contributed by atoms with Gasteiger partial charge in [0.2, 0.25) is 0 Å². The maximum atomic E-state index is 13.3. The molecule has 1 saturated heterocycles. The van der Waals surface area contributed by atoms with Gasteiger partial charge in [0.05, 0.1) is 25.0 Å². The van der Waals surface area contributed by atoms with E-state index in [4.69, 9.17) is 5.11 Å². The number of hydrogen-bond donors (Lipinski definition) is 2. The average molecular weight is 364 g/mol. The Bertz CT molecular complexity index is 869. The van der Waals surface area contributed by atoms with Crippen molar-refractivity contribution in [3.8, 4) is 0 Å². The number of piperidine rings is 1. The molecule has 0 spiro atoms. The van der Waals surface area contributed by atoms with Crippen molar-refractivity contribution in [2.75, 3.05) is 18.0 Å². The van der Waals surface area contributed by atoms with Crippen LogP contribution in [-0.2, 0) is 13.2 Å². The molecular formula is C17H18F2N4O3. The molecule has 9 heteroatoms. The number of nitrogens with zero attached hydrogens (tertiary/aromatic N) is 4. The van der Waals surface area contributed by atoms with Gasteiger partial charge in [0, 0.05) is 25.0 Å². The van der Waals surface area contributed by atoms with Gasteiger partial charge in [0.1, 0.15) is 17.1 Å². The fraction of sp³-hybridized carbons (Fsp3) is 0.471. The normalized spacial score (nSPS) is 23.2. The predicted molar refractivity (Wildman–Crippen MR) is 87.3 cm³/mol. The zero-order chi connectivity index (χ0) is 18.6. The molecule has 0 aromatic carbocycles. The van der Waals surface area contributed by atoms with Crippen molar-refractivity contribution in [1.29, 1.82) is 0 Å². The summed E-state index contributed by atoms with van der Waals surface area (Å²) in [6.07, 6.45) is 1.37. The van der Waals surface area contributed by atoms with Crippen molar-refractivity contribution in [2.24, 2.45) is 11.8 Å². The van der Waals surface area contributed by atoms with Crippen LogP contribution in [0.4, 0.5) is 14.6 Å². The van der Waals surface area contributed by atoms with E-state index in [-0.39, 0.29) is 11.3 Å². The van der Waals surface area contributed by atoms with Crippen LogP contribution in [0.25, 0.3) is 0 Å². The number of halogens is 2. The number of fused-ring (bicyclic) bond motifs is 1. The Kier molecular flexibility index (Phi) is 3.72. The zero-order valence-electron chi connectivity index (χ0n) is 14.1. The molecule has 1 saturated carbocycles. The molecule has 2 unspecified atom stereocenters. The summed E-state index contributed by atoms with van der Waals surface area (Å²) in [4.78, 5) is 17.5. The highest BCUT2D eigenvalue weighted by Crippen LogP contribution is 2.59. The lowest BCUT2D eigenvalue weighted by Crippen LogP contribution is -2.28. The summed E-state index contributed by atoms with van der Waals surface area (Å²) in [5, 5.41) is 22.4. The van der Waals surface area contributed by atoms with E-state index in [1.807, 2.05) is 17.9 Å². The summed E-state index contributed by atoms with van der Waals surface area (Å²) < 4.78 is 28.1. The Morgan fingerprint density at radius 3 is 2.58 bits per heavy atom. The van der Waals surface area contributed by atoms with Crippen LogP contribution in [0.5, 0.6) is 0 Å². The second-order valence-electron chi connectivity index (χ2n) is 6.86. The number of hydrogen-bond acceptors (Lipinski definition) is 5. The molecule has 2 atom stereocenters. The number of anilines is 1. The van der Waals surface area contributed by atoms with Crippen LogP contribution in [-0.4, -0.2) is 50.0 Å². The van der Waals surface area contributed by atoms with Crippen LogP contribution in [0.2, 0.25) is 0 Å². The van der Waals surface area contributed by atoms with Crippen LogP contribution >= 0.6 is 0 Å². The first-order valence-corrected chi connectivity index (χ1v) is 8.31. The van der Waals surface area contributed by atoms with Gasteiger partial charge < -0.3 is 15.1 Å². The smallest absolute Gasteiger partial charge is 0.339 e. The van der Waals surface area contributed by atoms with Crippen molar-refractivity contribution in [3.05, 3.63) is 40.8 Å². The predicted octanol–water partition coefficient (Wildman–Crippen LogP) is 1.53. The molecule has 0 radical (unpaired) electrons. The minimum Gasteiger partial charge on any atom is -0.478 e. The molecule has 1 aliphatic heterocycles. The minimum atomic E-state index is -2.52. The fourth-order valence-corrected chi connectivity index (χ4v) is 3.63. The van der Waals surface area contributed by atoms with Gasteiger partial charge in [-0.05, 0) is 18.6 Å². The number of aliphatic hydroxyl groups is 1. The van der Waals surface area contributed by atoms with E-state index >= 15 is 0 Å². The topological polar surface area (TPSA) is 91.5 Å². The summed E-state index contributed by atoms with van der Waals surface area (Å²) in [6, 6.07) is 3.64. The van der Waals surface area contributed by atoms with Gasteiger partial charge >= 0.3 is 5.97 Å². The Labute approximate surface area is 147 Å². The lowest BCUT2D eigenvalue weighted by Gasteiger charge is -2.21. The van der Waals surface area contributed by atoms with Gasteiger partial charge in [-0.3, -0.25) is 4.68 Å². The van der Waals surface area contributed by atoms with Crippen molar-refractivity contribution in [2.45, 2.75) is 26.0 Å². The Morgan fingerprint density at radius 1 is 1.35 bits per heavy atom. The Balaban J connectivity index is 1.50. The molecule has 1 aliphatic carbocycles. The summed E-state index contributed by atoms with van der Waals surface area (Å²) >= 11 is 0. The first kappa shape index (κ1) is 16.9.